The smallest absolute Gasteiger partial charge is 0.303 e. The van der Waals surface area contributed by atoms with Crippen molar-refractivity contribution in [2.24, 2.45) is 0 Å². The summed E-state index contributed by atoms with van der Waals surface area (Å²) in [6, 6.07) is 5.08. The minimum atomic E-state index is -3.80. The second kappa shape index (κ2) is 10.9. The van der Waals surface area contributed by atoms with Crippen molar-refractivity contribution < 1.29 is 27.8 Å². The first-order valence-corrected chi connectivity index (χ1v) is 13.9. The number of nitrogens with zero attached hydrogens (tertiary/aromatic N) is 3. The molecule has 2 aromatic carbocycles. The first-order valence-electron chi connectivity index (χ1n) is 13.9. The van der Waals surface area contributed by atoms with Gasteiger partial charge < -0.3 is 19.9 Å². The first-order chi connectivity index (χ1) is 19.0. The highest BCUT2D eigenvalue weighted by Gasteiger charge is 2.49. The van der Waals surface area contributed by atoms with Gasteiger partial charge in [-0.2, -0.15) is 8.78 Å². The number of fused-ring (bicyclic) bond motifs is 1. The van der Waals surface area contributed by atoms with Gasteiger partial charge in [0.05, 0.1) is 24.2 Å². The Morgan fingerprint density at radius 3 is 2.41 bits per heavy atom. The van der Waals surface area contributed by atoms with Gasteiger partial charge in [0, 0.05) is 22.6 Å². The van der Waals surface area contributed by atoms with Crippen LogP contribution < -0.4 is 14.8 Å². The Kier molecular flexibility index (Phi) is 8.23. The van der Waals surface area contributed by atoms with Crippen LogP contribution in [0.25, 0.3) is 10.9 Å². The molecule has 224 valence electrons. The first kappa shape index (κ1) is 30.8. The molecule has 10 heteroatoms. The summed E-state index contributed by atoms with van der Waals surface area (Å²) < 4.78 is 57.8. The molecule has 7 nitrogen and oxygen atoms in total. The summed E-state index contributed by atoms with van der Waals surface area (Å²) in [7, 11) is 3.68. The zero-order valence-electron chi connectivity index (χ0n) is 25.3. The van der Waals surface area contributed by atoms with E-state index in [9.17, 15) is 13.9 Å². The van der Waals surface area contributed by atoms with Crippen LogP contribution >= 0.6 is 0 Å². The lowest BCUT2D eigenvalue weighted by Gasteiger charge is -2.37. The summed E-state index contributed by atoms with van der Waals surface area (Å²) in [5, 5.41) is 13.9. The number of likely N-dealkylation sites (N-methyl/N-ethyl adjacent to an activating group) is 1. The molecular formula is C31H41F3N4O3. The molecular weight excluding hydrogens is 533 g/mol. The van der Waals surface area contributed by atoms with E-state index in [4.69, 9.17) is 9.47 Å². The topological polar surface area (TPSA) is 79.7 Å². The molecule has 0 spiro atoms. The van der Waals surface area contributed by atoms with Crippen molar-refractivity contribution in [3.8, 4) is 11.5 Å². The Morgan fingerprint density at radius 1 is 1.15 bits per heavy atom. The zero-order chi connectivity index (χ0) is 30.5. The Hall–Kier alpha value is -3.11. The number of aliphatic hydroxyl groups is 1. The molecule has 2 N–H and O–H groups in total. The third kappa shape index (κ3) is 5.68. The van der Waals surface area contributed by atoms with E-state index in [-0.39, 0.29) is 11.6 Å². The summed E-state index contributed by atoms with van der Waals surface area (Å²) in [6.45, 7) is 12.3. The van der Waals surface area contributed by atoms with Crippen molar-refractivity contribution in [2.45, 2.75) is 90.5 Å². The molecule has 0 amide bonds. The predicted molar refractivity (Wildman–Crippen MR) is 155 cm³/mol. The number of hydrogen-bond acceptors (Lipinski definition) is 7. The third-order valence-electron chi connectivity index (χ3n) is 8.11. The lowest BCUT2D eigenvalue weighted by molar-refractivity contribution is -0.170. The molecule has 1 aliphatic heterocycles. The molecule has 4 rings (SSSR count). The second-order valence-electron chi connectivity index (χ2n) is 12.1. The van der Waals surface area contributed by atoms with Gasteiger partial charge in [0.1, 0.15) is 28.7 Å². The molecule has 0 aliphatic carbocycles. The molecule has 0 saturated carbocycles. The number of ether oxygens (including phenoxy) is 2. The largest absolute Gasteiger partial charge is 0.493 e. The maximum absolute atomic E-state index is 15.5. The minimum Gasteiger partial charge on any atom is -0.493 e. The molecule has 0 radical (unpaired) electrons. The standard InChI is InChI=1S/C31H41F3N4O3/c1-17-26-21(16-23(27(17)40-9)41-29(4,5)24-14-11-15-38(24)8)28(37-19(3)36-26)35-18(2)20-12-10-13-22(25(20)32)31(33,34)30(6,7)39/h10,12-13,16,18,24,39H,11,14-15H2,1-9H3,(H,35,36,37)/t18-,24+/m1/s1. The summed E-state index contributed by atoms with van der Waals surface area (Å²) in [4.78, 5) is 11.5. The van der Waals surface area contributed by atoms with Crippen molar-refractivity contribution in [3.63, 3.8) is 0 Å². The van der Waals surface area contributed by atoms with Gasteiger partial charge in [-0.25, -0.2) is 14.4 Å². The van der Waals surface area contributed by atoms with Gasteiger partial charge in [-0.1, -0.05) is 12.1 Å². The van der Waals surface area contributed by atoms with E-state index in [2.05, 4.69) is 41.1 Å². The van der Waals surface area contributed by atoms with Crippen LogP contribution in [0.4, 0.5) is 19.0 Å². The fraction of sp³-hybridized carbons (Fsp3) is 0.548. The Balaban J connectivity index is 1.78. The van der Waals surface area contributed by atoms with Crippen LogP contribution in [0.1, 0.15) is 76.0 Å². The lowest BCUT2D eigenvalue weighted by Crippen LogP contribution is -2.48. The predicted octanol–water partition coefficient (Wildman–Crippen LogP) is 6.68. The van der Waals surface area contributed by atoms with Gasteiger partial charge in [0.25, 0.3) is 0 Å². The van der Waals surface area contributed by atoms with Crippen LogP contribution in [0.3, 0.4) is 0 Å². The van der Waals surface area contributed by atoms with Gasteiger partial charge in [-0.05, 0) is 87.0 Å². The van der Waals surface area contributed by atoms with Crippen molar-refractivity contribution in [1.82, 2.24) is 14.9 Å². The van der Waals surface area contributed by atoms with Crippen LogP contribution in [0.5, 0.6) is 11.5 Å². The number of alkyl halides is 2. The normalized spacial score (nSPS) is 17.6. The number of methoxy groups -OCH3 is 1. The number of aromatic nitrogens is 2. The number of anilines is 1. The van der Waals surface area contributed by atoms with Crippen molar-refractivity contribution >= 4 is 16.7 Å². The summed E-state index contributed by atoms with van der Waals surface area (Å²) in [5.41, 5.74) is -2.43. The highest BCUT2D eigenvalue weighted by Crippen LogP contribution is 2.43. The average Bonchev–Trinajstić information content (AvgIpc) is 3.31. The molecule has 1 aliphatic rings. The Bertz CT molecular complexity index is 1440. The summed E-state index contributed by atoms with van der Waals surface area (Å²) in [5.74, 6) is -2.91. The minimum absolute atomic E-state index is 0.0166. The number of likely N-dealkylation sites (tertiary alicyclic amines) is 1. The molecule has 2 atom stereocenters. The van der Waals surface area contributed by atoms with Gasteiger partial charge >= 0.3 is 5.92 Å². The molecule has 0 bridgehead atoms. The summed E-state index contributed by atoms with van der Waals surface area (Å²) in [6.07, 6.45) is 2.11. The van der Waals surface area contributed by atoms with E-state index in [1.807, 2.05) is 13.0 Å². The number of aryl methyl sites for hydroxylation is 2. The molecule has 2 heterocycles. The van der Waals surface area contributed by atoms with Crippen LogP contribution in [0.15, 0.2) is 24.3 Å². The number of benzene rings is 2. The van der Waals surface area contributed by atoms with E-state index in [0.717, 1.165) is 44.9 Å². The summed E-state index contributed by atoms with van der Waals surface area (Å²) >= 11 is 0. The fourth-order valence-electron chi connectivity index (χ4n) is 5.81. The third-order valence-corrected chi connectivity index (χ3v) is 8.11. The molecule has 1 saturated heterocycles. The van der Waals surface area contributed by atoms with E-state index in [0.29, 0.717) is 34.0 Å². The Labute approximate surface area is 240 Å². The van der Waals surface area contributed by atoms with Crippen molar-refractivity contribution in [3.05, 3.63) is 52.6 Å². The SMILES string of the molecule is COc1c(OC(C)(C)[C@@H]2CCCN2C)cc2c(N[C@H](C)c3cccc(C(F)(F)C(C)(C)O)c3F)nc(C)nc2c1C. The molecule has 3 aromatic rings. The number of hydrogen-bond donors (Lipinski definition) is 2. The van der Waals surface area contributed by atoms with Crippen LogP contribution in [0.2, 0.25) is 0 Å². The maximum Gasteiger partial charge on any atom is 0.303 e. The van der Waals surface area contributed by atoms with Gasteiger partial charge in [0.2, 0.25) is 0 Å². The number of rotatable bonds is 9. The molecule has 0 unspecified atom stereocenters. The van der Waals surface area contributed by atoms with Crippen LogP contribution in [-0.2, 0) is 5.92 Å². The van der Waals surface area contributed by atoms with Gasteiger partial charge in [-0.3, -0.25) is 4.90 Å². The second-order valence-corrected chi connectivity index (χ2v) is 12.1. The maximum atomic E-state index is 15.5. The quantitative estimate of drug-likeness (QED) is 0.295. The number of halogens is 3. The van der Waals surface area contributed by atoms with E-state index in [1.165, 1.54) is 12.1 Å². The molecule has 41 heavy (non-hydrogen) atoms. The highest BCUT2D eigenvalue weighted by atomic mass is 19.3. The van der Waals surface area contributed by atoms with Crippen LogP contribution in [0, 0.1) is 19.7 Å². The lowest BCUT2D eigenvalue weighted by atomic mass is 9.91. The average molecular weight is 575 g/mol. The van der Waals surface area contributed by atoms with E-state index in [1.54, 1.807) is 21.0 Å². The zero-order valence-corrected chi connectivity index (χ0v) is 25.3. The molecule has 1 aromatic heterocycles. The van der Waals surface area contributed by atoms with Gasteiger partial charge in [0.15, 0.2) is 11.5 Å². The van der Waals surface area contributed by atoms with Gasteiger partial charge in [-0.15, -0.1) is 0 Å². The number of nitrogens with one attached hydrogen (secondary N) is 1. The highest BCUT2D eigenvalue weighted by molar-refractivity contribution is 5.94. The Morgan fingerprint density at radius 2 is 1.83 bits per heavy atom. The van der Waals surface area contributed by atoms with Crippen molar-refractivity contribution in [1.29, 1.82) is 0 Å². The monoisotopic (exact) mass is 574 g/mol. The fourth-order valence-corrected chi connectivity index (χ4v) is 5.81. The van der Waals surface area contributed by atoms with E-state index < -0.39 is 34.5 Å². The van der Waals surface area contributed by atoms with E-state index >= 15 is 4.39 Å². The van der Waals surface area contributed by atoms with Crippen LogP contribution in [-0.4, -0.2) is 57.9 Å². The van der Waals surface area contributed by atoms with Crippen molar-refractivity contribution in [2.75, 3.05) is 26.0 Å². The molecule has 1 fully saturated rings.